The highest BCUT2D eigenvalue weighted by molar-refractivity contribution is 8.00. The molecular formula is C9H18N2S. The molecule has 0 aliphatic carbocycles. The second-order valence-electron chi connectivity index (χ2n) is 4.21. The van der Waals surface area contributed by atoms with E-state index in [0.717, 1.165) is 5.84 Å². The average molecular weight is 186 g/mol. The summed E-state index contributed by atoms with van der Waals surface area (Å²) in [5.41, 5.74) is 5.87. The van der Waals surface area contributed by atoms with E-state index in [1.165, 1.54) is 18.6 Å². The number of hydrogen-bond donors (Lipinski definition) is 1. The zero-order valence-electron chi connectivity index (χ0n) is 8.13. The average Bonchev–Trinajstić information content (AvgIpc) is 2.32. The van der Waals surface area contributed by atoms with E-state index in [9.17, 15) is 0 Å². The van der Waals surface area contributed by atoms with Crippen molar-refractivity contribution in [3.05, 3.63) is 0 Å². The lowest BCUT2D eigenvalue weighted by Gasteiger charge is -2.16. The van der Waals surface area contributed by atoms with Crippen LogP contribution in [0.25, 0.3) is 0 Å². The molecule has 70 valence electrons. The fourth-order valence-corrected chi connectivity index (χ4v) is 2.44. The largest absolute Gasteiger partial charge is 0.387 e. The summed E-state index contributed by atoms with van der Waals surface area (Å²) in [7, 11) is 0. The Balaban J connectivity index is 2.56. The van der Waals surface area contributed by atoms with Gasteiger partial charge in [0.15, 0.2) is 0 Å². The van der Waals surface area contributed by atoms with Crippen molar-refractivity contribution in [1.29, 1.82) is 0 Å². The van der Waals surface area contributed by atoms with Gasteiger partial charge in [0.1, 0.15) is 5.84 Å². The first-order valence-corrected chi connectivity index (χ1v) is 5.51. The molecule has 3 heteroatoms. The van der Waals surface area contributed by atoms with Gasteiger partial charge in [0.05, 0.1) is 10.8 Å². The highest BCUT2D eigenvalue weighted by atomic mass is 32.2. The zero-order chi connectivity index (χ0) is 9.19. The van der Waals surface area contributed by atoms with Gasteiger partial charge in [-0.25, -0.2) is 0 Å². The molecule has 1 heterocycles. The van der Waals surface area contributed by atoms with Crippen molar-refractivity contribution in [2.45, 2.75) is 44.4 Å². The Bertz CT molecular complexity index is 175. The fraction of sp³-hybridized carbons (Fsp3) is 0.889. The Morgan fingerprint density at radius 2 is 2.17 bits per heavy atom. The molecule has 0 saturated carbocycles. The highest BCUT2D eigenvalue weighted by Gasteiger charge is 2.20. The van der Waals surface area contributed by atoms with Gasteiger partial charge in [-0.05, 0) is 39.4 Å². The molecule has 2 N–H and O–H groups in total. The van der Waals surface area contributed by atoms with E-state index in [0.29, 0.717) is 5.25 Å². The monoisotopic (exact) mass is 186 g/mol. The Hall–Kier alpha value is -0.180. The van der Waals surface area contributed by atoms with E-state index in [-0.39, 0.29) is 5.54 Å². The van der Waals surface area contributed by atoms with Gasteiger partial charge in [0, 0.05) is 0 Å². The van der Waals surface area contributed by atoms with Gasteiger partial charge in [-0.1, -0.05) is 0 Å². The summed E-state index contributed by atoms with van der Waals surface area (Å²) < 4.78 is 0. The molecule has 0 spiro atoms. The number of hydrogen-bond acceptors (Lipinski definition) is 2. The van der Waals surface area contributed by atoms with Gasteiger partial charge >= 0.3 is 0 Å². The lowest BCUT2D eigenvalue weighted by atomic mass is 10.1. The lowest BCUT2D eigenvalue weighted by molar-refractivity contribution is 0.580. The van der Waals surface area contributed by atoms with Crippen LogP contribution in [0.15, 0.2) is 4.99 Å². The maximum atomic E-state index is 5.89. The minimum atomic E-state index is -0.0206. The molecule has 1 aliphatic heterocycles. The van der Waals surface area contributed by atoms with Crippen LogP contribution in [-0.2, 0) is 0 Å². The van der Waals surface area contributed by atoms with Crippen molar-refractivity contribution in [2.75, 3.05) is 5.75 Å². The number of amidine groups is 1. The van der Waals surface area contributed by atoms with Gasteiger partial charge in [-0.3, -0.25) is 4.99 Å². The van der Waals surface area contributed by atoms with Crippen molar-refractivity contribution in [1.82, 2.24) is 0 Å². The first kappa shape index (κ1) is 9.90. The predicted octanol–water partition coefficient (Wildman–Crippen LogP) is 2.04. The zero-order valence-corrected chi connectivity index (χ0v) is 8.95. The predicted molar refractivity (Wildman–Crippen MR) is 56.9 cm³/mol. The molecule has 1 saturated heterocycles. The van der Waals surface area contributed by atoms with Crippen molar-refractivity contribution in [3.8, 4) is 0 Å². The van der Waals surface area contributed by atoms with Gasteiger partial charge in [0.25, 0.3) is 0 Å². The molecule has 0 aromatic rings. The van der Waals surface area contributed by atoms with E-state index >= 15 is 0 Å². The van der Waals surface area contributed by atoms with Gasteiger partial charge in [-0.2, -0.15) is 11.8 Å². The minimum absolute atomic E-state index is 0.0206. The Kier molecular flexibility index (Phi) is 3.04. The first-order chi connectivity index (χ1) is 5.49. The molecule has 0 radical (unpaired) electrons. The fourth-order valence-electron chi connectivity index (χ4n) is 1.27. The van der Waals surface area contributed by atoms with Crippen LogP contribution < -0.4 is 5.73 Å². The van der Waals surface area contributed by atoms with Crippen LogP contribution in [0.3, 0.4) is 0 Å². The third-order valence-electron chi connectivity index (χ3n) is 1.72. The van der Waals surface area contributed by atoms with Crippen molar-refractivity contribution >= 4 is 17.6 Å². The molecule has 2 nitrogen and oxygen atoms in total. The lowest BCUT2D eigenvalue weighted by Crippen LogP contribution is -2.28. The van der Waals surface area contributed by atoms with Crippen LogP contribution in [0.2, 0.25) is 0 Å². The maximum absolute atomic E-state index is 5.89. The molecule has 1 rings (SSSR count). The minimum Gasteiger partial charge on any atom is -0.387 e. The van der Waals surface area contributed by atoms with Crippen molar-refractivity contribution in [2.24, 2.45) is 10.7 Å². The quantitative estimate of drug-likeness (QED) is 0.503. The first-order valence-electron chi connectivity index (χ1n) is 4.46. The molecule has 0 bridgehead atoms. The molecule has 1 aliphatic rings. The number of rotatable bonds is 1. The second-order valence-corrected chi connectivity index (χ2v) is 5.52. The summed E-state index contributed by atoms with van der Waals surface area (Å²) >= 11 is 1.94. The Labute approximate surface area is 79.0 Å². The molecule has 1 unspecified atom stereocenters. The number of nitrogens with two attached hydrogens (primary N) is 1. The maximum Gasteiger partial charge on any atom is 0.108 e. The molecular weight excluding hydrogens is 168 g/mol. The van der Waals surface area contributed by atoms with Crippen molar-refractivity contribution in [3.63, 3.8) is 0 Å². The number of thioether (sulfide) groups is 1. The SMILES string of the molecule is CC(C)(C)N=C(N)C1CCCS1. The molecule has 1 atom stereocenters. The van der Waals surface area contributed by atoms with Crippen LogP contribution in [0, 0.1) is 0 Å². The van der Waals surface area contributed by atoms with Crippen LogP contribution in [-0.4, -0.2) is 22.4 Å². The summed E-state index contributed by atoms with van der Waals surface area (Å²) in [6.45, 7) is 6.25. The normalized spacial score (nSPS) is 26.2. The smallest absolute Gasteiger partial charge is 0.108 e. The van der Waals surface area contributed by atoms with E-state index < -0.39 is 0 Å². The van der Waals surface area contributed by atoms with E-state index in [1.54, 1.807) is 0 Å². The summed E-state index contributed by atoms with van der Waals surface area (Å²) in [4.78, 5) is 4.46. The summed E-state index contributed by atoms with van der Waals surface area (Å²) in [6, 6.07) is 0. The number of aliphatic imine (C=N–C) groups is 1. The Morgan fingerprint density at radius 1 is 1.50 bits per heavy atom. The van der Waals surface area contributed by atoms with Gasteiger partial charge in [-0.15, -0.1) is 0 Å². The third-order valence-corrected chi connectivity index (χ3v) is 3.13. The van der Waals surface area contributed by atoms with Gasteiger partial charge < -0.3 is 5.73 Å². The molecule has 1 fully saturated rings. The molecule has 12 heavy (non-hydrogen) atoms. The van der Waals surface area contributed by atoms with Crippen LogP contribution in [0.1, 0.15) is 33.6 Å². The molecule has 0 aromatic heterocycles. The van der Waals surface area contributed by atoms with Crippen molar-refractivity contribution < 1.29 is 0 Å². The van der Waals surface area contributed by atoms with E-state index in [2.05, 4.69) is 25.8 Å². The summed E-state index contributed by atoms with van der Waals surface area (Å²) in [5, 5.41) is 0.490. The standard InChI is InChI=1S/C9H18N2S/c1-9(2,3)11-8(10)7-5-4-6-12-7/h7H,4-6H2,1-3H3,(H2,10,11). The van der Waals surface area contributed by atoms with Crippen LogP contribution in [0.5, 0.6) is 0 Å². The Morgan fingerprint density at radius 3 is 2.58 bits per heavy atom. The van der Waals surface area contributed by atoms with E-state index in [4.69, 9.17) is 5.73 Å². The second kappa shape index (κ2) is 3.69. The van der Waals surface area contributed by atoms with Gasteiger partial charge in [0.2, 0.25) is 0 Å². The van der Waals surface area contributed by atoms with E-state index in [1.807, 2.05) is 11.8 Å². The molecule has 0 aromatic carbocycles. The summed E-state index contributed by atoms with van der Waals surface area (Å²) in [5.74, 6) is 2.08. The highest BCUT2D eigenvalue weighted by Crippen LogP contribution is 2.26. The third kappa shape index (κ3) is 3.05. The number of nitrogens with zero attached hydrogens (tertiary/aromatic N) is 1. The van der Waals surface area contributed by atoms with Crippen LogP contribution >= 0.6 is 11.8 Å². The molecule has 0 amide bonds. The topological polar surface area (TPSA) is 38.4 Å². The summed E-state index contributed by atoms with van der Waals surface area (Å²) in [6.07, 6.45) is 2.49. The van der Waals surface area contributed by atoms with Crippen LogP contribution in [0.4, 0.5) is 0 Å².